The largest absolute Gasteiger partial charge is 0.350 e. The standard InChI is InChI=1S/C9H13N3O2.C2H6.H2/c1-6-10-8(14-12-6)5-9(3-4-9)11-7(2)13;1-2;/h3-5H2,1-2H3,(H,11,13);1-2H3;1H. The van der Waals surface area contributed by atoms with Crippen molar-refractivity contribution in [2.24, 2.45) is 0 Å². The van der Waals surface area contributed by atoms with Crippen molar-refractivity contribution in [2.45, 2.75) is 52.5 Å². The Hall–Kier alpha value is -1.39. The molecule has 0 radical (unpaired) electrons. The third-order valence-electron chi connectivity index (χ3n) is 2.35. The molecule has 0 aromatic carbocycles. The van der Waals surface area contributed by atoms with Crippen molar-refractivity contribution in [3.8, 4) is 0 Å². The van der Waals surface area contributed by atoms with E-state index in [1.165, 1.54) is 6.92 Å². The summed E-state index contributed by atoms with van der Waals surface area (Å²) < 4.78 is 5.01. The van der Waals surface area contributed by atoms with E-state index in [0.29, 0.717) is 18.1 Å². The van der Waals surface area contributed by atoms with Crippen LogP contribution in [0.15, 0.2) is 4.52 Å². The number of aryl methyl sites for hydroxylation is 1. The summed E-state index contributed by atoms with van der Waals surface area (Å²) in [6, 6.07) is 0. The molecule has 92 valence electrons. The number of carbonyl (C=O) groups is 1. The summed E-state index contributed by atoms with van der Waals surface area (Å²) in [5, 5.41) is 6.63. The summed E-state index contributed by atoms with van der Waals surface area (Å²) in [6.45, 7) is 7.31. The van der Waals surface area contributed by atoms with Gasteiger partial charge in [-0.1, -0.05) is 19.0 Å². The highest BCUT2D eigenvalue weighted by Gasteiger charge is 2.44. The first-order valence-corrected chi connectivity index (χ1v) is 5.68. The average molecular weight is 227 g/mol. The van der Waals surface area contributed by atoms with Gasteiger partial charge in [-0.05, 0) is 19.8 Å². The summed E-state index contributed by atoms with van der Waals surface area (Å²) in [7, 11) is 0. The van der Waals surface area contributed by atoms with Gasteiger partial charge < -0.3 is 9.84 Å². The van der Waals surface area contributed by atoms with E-state index in [9.17, 15) is 4.79 Å². The maximum atomic E-state index is 10.9. The summed E-state index contributed by atoms with van der Waals surface area (Å²) in [4.78, 5) is 15.0. The summed E-state index contributed by atoms with van der Waals surface area (Å²) in [6.07, 6.45) is 2.63. The number of amides is 1. The number of nitrogens with one attached hydrogen (secondary N) is 1. The van der Waals surface area contributed by atoms with Gasteiger partial charge in [0.1, 0.15) is 0 Å². The molecule has 0 unspecified atom stereocenters. The van der Waals surface area contributed by atoms with Crippen LogP contribution in [0.25, 0.3) is 0 Å². The van der Waals surface area contributed by atoms with Crippen LogP contribution in [0.4, 0.5) is 0 Å². The van der Waals surface area contributed by atoms with Gasteiger partial charge in [0.2, 0.25) is 11.8 Å². The molecule has 5 nitrogen and oxygen atoms in total. The molecular formula is C11H21N3O2. The van der Waals surface area contributed by atoms with Crippen molar-refractivity contribution in [3.05, 3.63) is 11.7 Å². The minimum atomic E-state index is -0.106. The van der Waals surface area contributed by atoms with Crippen LogP contribution in [0, 0.1) is 6.92 Å². The number of hydrogen-bond donors (Lipinski definition) is 1. The van der Waals surface area contributed by atoms with Crippen LogP contribution in [0.5, 0.6) is 0 Å². The predicted molar refractivity (Wildman–Crippen MR) is 62.0 cm³/mol. The minimum Gasteiger partial charge on any atom is -0.350 e. The van der Waals surface area contributed by atoms with Gasteiger partial charge in [0, 0.05) is 13.9 Å². The Kier molecular flexibility index (Phi) is 4.04. The van der Waals surface area contributed by atoms with Gasteiger partial charge in [0.15, 0.2) is 5.82 Å². The molecule has 5 heteroatoms. The number of aromatic nitrogens is 2. The van der Waals surface area contributed by atoms with Gasteiger partial charge in [-0.2, -0.15) is 4.98 Å². The number of carbonyl (C=O) groups excluding carboxylic acids is 1. The average Bonchev–Trinajstić information content (AvgIpc) is 2.84. The third-order valence-corrected chi connectivity index (χ3v) is 2.35. The maximum absolute atomic E-state index is 10.9. The molecule has 1 saturated carbocycles. The van der Waals surface area contributed by atoms with Crippen molar-refractivity contribution >= 4 is 5.91 Å². The van der Waals surface area contributed by atoms with Gasteiger partial charge >= 0.3 is 0 Å². The quantitative estimate of drug-likeness (QED) is 0.855. The Balaban J connectivity index is 0.000000811. The second-order valence-electron chi connectivity index (χ2n) is 3.87. The zero-order chi connectivity index (χ0) is 12.2. The number of nitrogens with zero attached hydrogens (tertiary/aromatic N) is 2. The van der Waals surface area contributed by atoms with Crippen LogP contribution in [0.2, 0.25) is 0 Å². The summed E-state index contributed by atoms with van der Waals surface area (Å²) in [5.74, 6) is 1.24. The van der Waals surface area contributed by atoms with Crippen LogP contribution in [0.1, 0.15) is 46.8 Å². The normalized spacial score (nSPS) is 16.0. The van der Waals surface area contributed by atoms with Crippen molar-refractivity contribution in [2.75, 3.05) is 0 Å². The number of rotatable bonds is 3. The topological polar surface area (TPSA) is 68.0 Å². The van der Waals surface area contributed by atoms with Crippen LogP contribution < -0.4 is 5.32 Å². The van der Waals surface area contributed by atoms with E-state index in [-0.39, 0.29) is 12.9 Å². The fourth-order valence-electron chi connectivity index (χ4n) is 1.57. The highest BCUT2D eigenvalue weighted by atomic mass is 16.5. The predicted octanol–water partition coefficient (Wildman–Crippen LogP) is 1.86. The highest BCUT2D eigenvalue weighted by Crippen LogP contribution is 2.38. The Morgan fingerprint density at radius 3 is 2.56 bits per heavy atom. The second-order valence-corrected chi connectivity index (χ2v) is 3.87. The zero-order valence-corrected chi connectivity index (χ0v) is 10.3. The monoisotopic (exact) mass is 227 g/mol. The zero-order valence-electron chi connectivity index (χ0n) is 10.3. The van der Waals surface area contributed by atoms with Gasteiger partial charge in [-0.3, -0.25) is 4.79 Å². The van der Waals surface area contributed by atoms with Gasteiger partial charge in [0.25, 0.3) is 0 Å². The minimum absolute atomic E-state index is 0. The molecule has 0 spiro atoms. The molecule has 1 aromatic rings. The fourth-order valence-corrected chi connectivity index (χ4v) is 1.57. The van der Waals surface area contributed by atoms with Crippen LogP contribution >= 0.6 is 0 Å². The molecule has 1 heterocycles. The summed E-state index contributed by atoms with van der Waals surface area (Å²) in [5.41, 5.74) is -0.106. The Bertz CT molecular complexity index is 361. The first-order chi connectivity index (χ1) is 7.60. The van der Waals surface area contributed by atoms with Gasteiger partial charge in [-0.25, -0.2) is 0 Å². The lowest BCUT2D eigenvalue weighted by Gasteiger charge is -2.12. The van der Waals surface area contributed by atoms with E-state index in [1.807, 2.05) is 13.8 Å². The first-order valence-electron chi connectivity index (χ1n) is 5.68. The van der Waals surface area contributed by atoms with Crippen molar-refractivity contribution in [3.63, 3.8) is 0 Å². The Morgan fingerprint density at radius 1 is 1.56 bits per heavy atom. The molecule has 0 bridgehead atoms. The van der Waals surface area contributed by atoms with Gasteiger partial charge in [-0.15, -0.1) is 0 Å². The van der Waals surface area contributed by atoms with Crippen molar-refractivity contribution in [1.29, 1.82) is 0 Å². The highest BCUT2D eigenvalue weighted by molar-refractivity contribution is 5.74. The van der Waals surface area contributed by atoms with E-state index in [4.69, 9.17) is 4.52 Å². The maximum Gasteiger partial charge on any atom is 0.228 e. The molecular weight excluding hydrogens is 206 g/mol. The van der Waals surface area contributed by atoms with E-state index < -0.39 is 0 Å². The van der Waals surface area contributed by atoms with Crippen LogP contribution in [-0.2, 0) is 11.2 Å². The fraction of sp³-hybridized carbons (Fsp3) is 0.727. The molecule has 1 N–H and O–H groups in total. The molecule has 1 amide bonds. The molecule has 0 saturated heterocycles. The molecule has 16 heavy (non-hydrogen) atoms. The first kappa shape index (κ1) is 12.7. The van der Waals surface area contributed by atoms with Gasteiger partial charge in [0.05, 0.1) is 6.42 Å². The lowest BCUT2D eigenvalue weighted by Crippen LogP contribution is -2.37. The SMILES string of the molecule is CC.CC(=O)NC1(Cc2nc(C)no2)CC1.[HH]. The Labute approximate surface area is 97.1 Å². The molecule has 0 aliphatic heterocycles. The molecule has 1 aliphatic carbocycles. The molecule has 1 aliphatic rings. The molecule has 1 fully saturated rings. The smallest absolute Gasteiger partial charge is 0.228 e. The van der Waals surface area contributed by atoms with Crippen LogP contribution in [-0.4, -0.2) is 21.6 Å². The molecule has 0 atom stereocenters. The number of hydrogen-bond acceptors (Lipinski definition) is 4. The van der Waals surface area contributed by atoms with Crippen LogP contribution in [0.3, 0.4) is 0 Å². The summed E-state index contributed by atoms with van der Waals surface area (Å²) >= 11 is 0. The van der Waals surface area contributed by atoms with Crippen molar-refractivity contribution < 1.29 is 10.7 Å². The van der Waals surface area contributed by atoms with E-state index in [2.05, 4.69) is 15.5 Å². The van der Waals surface area contributed by atoms with E-state index >= 15 is 0 Å². The Morgan fingerprint density at radius 2 is 2.19 bits per heavy atom. The second kappa shape index (κ2) is 5.09. The lowest BCUT2D eigenvalue weighted by atomic mass is 10.2. The molecule has 2 rings (SSSR count). The van der Waals surface area contributed by atoms with E-state index in [1.54, 1.807) is 6.92 Å². The third kappa shape index (κ3) is 3.32. The van der Waals surface area contributed by atoms with E-state index in [0.717, 1.165) is 12.8 Å². The lowest BCUT2D eigenvalue weighted by molar-refractivity contribution is -0.119. The molecule has 1 aromatic heterocycles. The van der Waals surface area contributed by atoms with Crippen molar-refractivity contribution in [1.82, 2.24) is 15.5 Å².